The van der Waals surface area contributed by atoms with E-state index in [0.29, 0.717) is 18.4 Å². The average molecular weight is 240 g/mol. The minimum Gasteiger partial charge on any atom is -0.393 e. The van der Waals surface area contributed by atoms with Crippen LogP contribution in [-0.4, -0.2) is 48.2 Å². The van der Waals surface area contributed by atoms with Gasteiger partial charge in [-0.2, -0.15) is 0 Å². The van der Waals surface area contributed by atoms with Crippen LogP contribution in [0.3, 0.4) is 0 Å². The number of aliphatic hydroxyl groups is 1. The van der Waals surface area contributed by atoms with E-state index in [0.717, 1.165) is 32.4 Å². The van der Waals surface area contributed by atoms with Crippen molar-refractivity contribution in [1.29, 1.82) is 0 Å². The summed E-state index contributed by atoms with van der Waals surface area (Å²) in [6.45, 7) is 1.93. The van der Waals surface area contributed by atoms with E-state index in [9.17, 15) is 9.90 Å². The molecule has 2 aliphatic rings. The summed E-state index contributed by atoms with van der Waals surface area (Å²) in [5, 5.41) is 12.7. The Balaban J connectivity index is 1.86. The van der Waals surface area contributed by atoms with Crippen LogP contribution in [0.15, 0.2) is 0 Å². The quantitative estimate of drug-likeness (QED) is 0.762. The van der Waals surface area contributed by atoms with Crippen molar-refractivity contribution in [1.82, 2.24) is 10.2 Å². The minimum absolute atomic E-state index is 0.111. The lowest BCUT2D eigenvalue weighted by atomic mass is 9.94. The van der Waals surface area contributed by atoms with Crippen LogP contribution in [0.5, 0.6) is 0 Å². The van der Waals surface area contributed by atoms with Crippen LogP contribution >= 0.6 is 0 Å². The van der Waals surface area contributed by atoms with E-state index in [4.69, 9.17) is 0 Å². The van der Waals surface area contributed by atoms with Crippen LogP contribution in [0.1, 0.15) is 38.5 Å². The summed E-state index contributed by atoms with van der Waals surface area (Å²) in [6, 6.07) is 0.511. The summed E-state index contributed by atoms with van der Waals surface area (Å²) in [5.41, 5.74) is 0. The molecule has 1 aliphatic heterocycles. The Morgan fingerprint density at radius 3 is 2.82 bits per heavy atom. The van der Waals surface area contributed by atoms with Gasteiger partial charge in [0.1, 0.15) is 0 Å². The highest BCUT2D eigenvalue weighted by Crippen LogP contribution is 2.35. The average Bonchev–Trinajstić information content (AvgIpc) is 2.93. The largest absolute Gasteiger partial charge is 0.393 e. The van der Waals surface area contributed by atoms with Gasteiger partial charge < -0.3 is 10.4 Å². The van der Waals surface area contributed by atoms with Gasteiger partial charge in [0.05, 0.1) is 6.10 Å². The molecule has 17 heavy (non-hydrogen) atoms. The summed E-state index contributed by atoms with van der Waals surface area (Å²) in [5.74, 6) is 0.560. The van der Waals surface area contributed by atoms with Gasteiger partial charge in [0.15, 0.2) is 0 Å². The zero-order chi connectivity index (χ0) is 12.3. The molecule has 0 bridgehead atoms. The maximum absolute atomic E-state index is 11.3. The summed E-state index contributed by atoms with van der Waals surface area (Å²) >= 11 is 0. The number of hydrogen-bond acceptors (Lipinski definition) is 3. The lowest BCUT2D eigenvalue weighted by molar-refractivity contribution is -0.121. The van der Waals surface area contributed by atoms with E-state index in [1.165, 1.54) is 12.8 Å². The maximum atomic E-state index is 11.3. The van der Waals surface area contributed by atoms with Gasteiger partial charge in [-0.05, 0) is 32.2 Å². The molecule has 4 nitrogen and oxygen atoms in total. The molecule has 98 valence electrons. The molecule has 1 saturated carbocycles. The topological polar surface area (TPSA) is 52.6 Å². The summed E-state index contributed by atoms with van der Waals surface area (Å²) < 4.78 is 0. The third kappa shape index (κ3) is 2.99. The highest BCUT2D eigenvalue weighted by atomic mass is 16.3. The first kappa shape index (κ1) is 12.8. The molecular weight excluding hydrogens is 216 g/mol. The van der Waals surface area contributed by atoms with Gasteiger partial charge in [-0.25, -0.2) is 0 Å². The molecule has 1 amide bonds. The van der Waals surface area contributed by atoms with Crippen molar-refractivity contribution in [3.8, 4) is 0 Å². The van der Waals surface area contributed by atoms with Crippen molar-refractivity contribution in [2.24, 2.45) is 5.92 Å². The van der Waals surface area contributed by atoms with E-state index in [-0.39, 0.29) is 12.0 Å². The summed E-state index contributed by atoms with van der Waals surface area (Å²) in [7, 11) is 1.69. The number of carbonyl (C=O) groups excluding carboxylic acids is 1. The fourth-order valence-corrected chi connectivity index (χ4v) is 3.40. The van der Waals surface area contributed by atoms with Crippen LogP contribution in [0, 0.1) is 5.92 Å². The second-order valence-electron chi connectivity index (χ2n) is 5.33. The van der Waals surface area contributed by atoms with Crippen molar-refractivity contribution >= 4 is 5.91 Å². The van der Waals surface area contributed by atoms with Crippen LogP contribution in [-0.2, 0) is 4.79 Å². The molecule has 2 N–H and O–H groups in total. The van der Waals surface area contributed by atoms with Gasteiger partial charge in [-0.1, -0.05) is 6.42 Å². The Morgan fingerprint density at radius 2 is 2.18 bits per heavy atom. The third-order valence-corrected chi connectivity index (χ3v) is 4.34. The van der Waals surface area contributed by atoms with Crippen LogP contribution in [0.4, 0.5) is 0 Å². The van der Waals surface area contributed by atoms with E-state index in [1.54, 1.807) is 7.05 Å². The SMILES string of the molecule is CNC(=O)CCN1CCCC1C1CCCC1O. The monoisotopic (exact) mass is 240 g/mol. The van der Waals surface area contributed by atoms with E-state index in [1.807, 2.05) is 0 Å². The highest BCUT2D eigenvalue weighted by Gasteiger charge is 2.37. The molecule has 1 aliphatic carbocycles. The Hall–Kier alpha value is -0.610. The van der Waals surface area contributed by atoms with Gasteiger partial charge in [-0.15, -0.1) is 0 Å². The molecule has 3 unspecified atom stereocenters. The van der Waals surface area contributed by atoms with Crippen molar-refractivity contribution in [3.63, 3.8) is 0 Å². The molecule has 0 aromatic heterocycles. The molecule has 0 spiro atoms. The predicted octanol–water partition coefficient (Wildman–Crippen LogP) is 0.748. The maximum Gasteiger partial charge on any atom is 0.221 e. The van der Waals surface area contributed by atoms with Gasteiger partial charge in [0.25, 0.3) is 0 Å². The first-order chi connectivity index (χ1) is 8.22. The third-order valence-electron chi connectivity index (χ3n) is 4.34. The molecule has 4 heteroatoms. The number of rotatable bonds is 4. The molecular formula is C13H24N2O2. The van der Waals surface area contributed by atoms with E-state index in [2.05, 4.69) is 10.2 Å². The van der Waals surface area contributed by atoms with Crippen molar-refractivity contribution in [2.75, 3.05) is 20.1 Å². The minimum atomic E-state index is -0.111. The molecule has 2 rings (SSSR count). The predicted molar refractivity (Wildman–Crippen MR) is 66.6 cm³/mol. The molecule has 0 aromatic rings. The Labute approximate surface area is 103 Å². The molecule has 1 heterocycles. The van der Waals surface area contributed by atoms with E-state index >= 15 is 0 Å². The first-order valence-electron chi connectivity index (χ1n) is 6.85. The van der Waals surface area contributed by atoms with Crippen LogP contribution < -0.4 is 5.32 Å². The van der Waals surface area contributed by atoms with E-state index < -0.39 is 0 Å². The van der Waals surface area contributed by atoms with Crippen molar-refractivity contribution < 1.29 is 9.90 Å². The van der Waals surface area contributed by atoms with Gasteiger partial charge in [0.2, 0.25) is 5.91 Å². The number of carbonyl (C=O) groups is 1. The standard InChI is InChI=1S/C13H24N2O2/c1-14-13(17)7-9-15-8-3-5-11(15)10-4-2-6-12(10)16/h10-12,16H,2-9H2,1H3,(H,14,17). The van der Waals surface area contributed by atoms with Gasteiger partial charge in [-0.3, -0.25) is 9.69 Å². The zero-order valence-corrected chi connectivity index (χ0v) is 10.7. The second-order valence-corrected chi connectivity index (χ2v) is 5.33. The summed E-state index contributed by atoms with van der Waals surface area (Å²) in [6.07, 6.45) is 6.14. The second kappa shape index (κ2) is 5.83. The number of hydrogen-bond donors (Lipinski definition) is 2. The number of amides is 1. The fourth-order valence-electron chi connectivity index (χ4n) is 3.40. The number of nitrogens with one attached hydrogen (secondary N) is 1. The molecule has 2 fully saturated rings. The normalized spacial score (nSPS) is 34.1. The lowest BCUT2D eigenvalue weighted by Gasteiger charge is -2.31. The smallest absolute Gasteiger partial charge is 0.221 e. The van der Waals surface area contributed by atoms with Crippen LogP contribution in [0.2, 0.25) is 0 Å². The number of nitrogens with zero attached hydrogens (tertiary/aromatic N) is 1. The molecule has 0 radical (unpaired) electrons. The fraction of sp³-hybridized carbons (Fsp3) is 0.923. The van der Waals surface area contributed by atoms with Crippen molar-refractivity contribution in [3.05, 3.63) is 0 Å². The molecule has 0 aromatic carbocycles. The Kier molecular flexibility index (Phi) is 4.40. The van der Waals surface area contributed by atoms with Crippen LogP contribution in [0.25, 0.3) is 0 Å². The Bertz CT molecular complexity index is 270. The number of likely N-dealkylation sites (tertiary alicyclic amines) is 1. The van der Waals surface area contributed by atoms with Gasteiger partial charge in [0, 0.05) is 32.0 Å². The number of aliphatic hydroxyl groups excluding tert-OH is 1. The summed E-state index contributed by atoms with van der Waals surface area (Å²) in [4.78, 5) is 13.7. The zero-order valence-electron chi connectivity index (χ0n) is 10.7. The highest BCUT2D eigenvalue weighted by molar-refractivity contribution is 5.75. The molecule has 3 atom stereocenters. The lowest BCUT2D eigenvalue weighted by Crippen LogP contribution is -2.40. The Morgan fingerprint density at radius 1 is 1.35 bits per heavy atom. The van der Waals surface area contributed by atoms with Crippen molar-refractivity contribution in [2.45, 2.75) is 50.7 Å². The van der Waals surface area contributed by atoms with Gasteiger partial charge >= 0.3 is 0 Å². The molecule has 1 saturated heterocycles. The first-order valence-corrected chi connectivity index (χ1v) is 6.85.